The highest BCUT2D eigenvalue weighted by Crippen LogP contribution is 2.12. The molecule has 1 N–H and O–H groups in total. The summed E-state index contributed by atoms with van der Waals surface area (Å²) in [5.41, 5.74) is 0.949. The van der Waals surface area contributed by atoms with Crippen LogP contribution in [0.4, 0.5) is 5.82 Å². The first kappa shape index (κ1) is 14.4. The summed E-state index contributed by atoms with van der Waals surface area (Å²) in [4.78, 5) is 24.6. The van der Waals surface area contributed by atoms with Crippen molar-refractivity contribution in [2.24, 2.45) is 0 Å². The fraction of sp³-hybridized carbons (Fsp3) is 0.0625. The molecule has 0 aliphatic heterocycles. The molecule has 1 amide bonds. The predicted octanol–water partition coefficient (Wildman–Crippen LogP) is 2.09. The topological polar surface area (TPSA) is 96.5 Å². The molecule has 0 saturated heterocycles. The van der Waals surface area contributed by atoms with Gasteiger partial charge in [-0.25, -0.2) is 15.0 Å². The van der Waals surface area contributed by atoms with Gasteiger partial charge in [0.15, 0.2) is 0 Å². The van der Waals surface area contributed by atoms with Gasteiger partial charge in [0.25, 0.3) is 5.91 Å². The van der Waals surface area contributed by atoms with Crippen LogP contribution in [0.25, 0.3) is 5.82 Å². The molecule has 0 spiro atoms. The van der Waals surface area contributed by atoms with Gasteiger partial charge in [0.1, 0.15) is 23.8 Å². The molecule has 23 heavy (non-hydrogen) atoms. The standard InChI is InChI=1S/C16H12N6O/c1-11-18-6-7-22(11)15-8-14(19-10-20-15)21-16(23)13-4-2-12(9-17)3-5-13/h2-8,10H,1H3,(H,19,20,21,23). The van der Waals surface area contributed by atoms with E-state index in [0.29, 0.717) is 22.8 Å². The van der Waals surface area contributed by atoms with Gasteiger partial charge in [-0.1, -0.05) is 0 Å². The lowest BCUT2D eigenvalue weighted by molar-refractivity contribution is 0.102. The van der Waals surface area contributed by atoms with E-state index in [1.54, 1.807) is 47.3 Å². The third-order valence-electron chi connectivity index (χ3n) is 3.24. The summed E-state index contributed by atoms with van der Waals surface area (Å²) >= 11 is 0. The normalized spacial score (nSPS) is 10.1. The second kappa shape index (κ2) is 6.07. The van der Waals surface area contributed by atoms with E-state index in [0.717, 1.165) is 5.82 Å². The van der Waals surface area contributed by atoms with Crippen molar-refractivity contribution in [1.29, 1.82) is 5.26 Å². The van der Waals surface area contributed by atoms with Gasteiger partial charge in [0, 0.05) is 24.0 Å². The number of amides is 1. The Kier molecular flexibility index (Phi) is 3.80. The van der Waals surface area contributed by atoms with Crippen molar-refractivity contribution in [3.63, 3.8) is 0 Å². The summed E-state index contributed by atoms with van der Waals surface area (Å²) in [6.45, 7) is 1.86. The van der Waals surface area contributed by atoms with E-state index in [4.69, 9.17) is 5.26 Å². The summed E-state index contributed by atoms with van der Waals surface area (Å²) in [5.74, 6) is 1.48. The van der Waals surface area contributed by atoms with Gasteiger partial charge in [0.2, 0.25) is 0 Å². The molecule has 3 rings (SSSR count). The van der Waals surface area contributed by atoms with Crippen molar-refractivity contribution in [3.8, 4) is 11.9 Å². The molecular weight excluding hydrogens is 292 g/mol. The smallest absolute Gasteiger partial charge is 0.256 e. The number of anilines is 1. The average molecular weight is 304 g/mol. The van der Waals surface area contributed by atoms with Crippen LogP contribution in [0.3, 0.4) is 0 Å². The molecule has 0 aliphatic rings. The zero-order valence-corrected chi connectivity index (χ0v) is 12.3. The molecule has 0 bridgehead atoms. The number of imidazole rings is 1. The van der Waals surface area contributed by atoms with E-state index in [9.17, 15) is 4.79 Å². The number of rotatable bonds is 3. The van der Waals surface area contributed by atoms with Gasteiger partial charge < -0.3 is 5.32 Å². The van der Waals surface area contributed by atoms with E-state index in [-0.39, 0.29) is 5.91 Å². The molecule has 0 unspecified atom stereocenters. The summed E-state index contributed by atoms with van der Waals surface area (Å²) in [6, 6.07) is 10.0. The summed E-state index contributed by atoms with van der Waals surface area (Å²) < 4.78 is 1.79. The van der Waals surface area contributed by atoms with Crippen LogP contribution in [-0.4, -0.2) is 25.4 Å². The number of carbonyl (C=O) groups excluding carboxylic acids is 1. The molecule has 112 valence electrons. The number of nitrogens with zero attached hydrogens (tertiary/aromatic N) is 5. The molecule has 0 atom stereocenters. The molecule has 0 fully saturated rings. The SMILES string of the molecule is Cc1nccn1-c1cc(NC(=O)c2ccc(C#N)cc2)ncn1. The minimum absolute atomic E-state index is 0.304. The van der Waals surface area contributed by atoms with Crippen LogP contribution in [0, 0.1) is 18.3 Å². The highest BCUT2D eigenvalue weighted by molar-refractivity contribution is 6.03. The van der Waals surface area contributed by atoms with Crippen molar-refractivity contribution in [1.82, 2.24) is 19.5 Å². The molecule has 3 aromatic rings. The van der Waals surface area contributed by atoms with E-state index in [1.165, 1.54) is 6.33 Å². The van der Waals surface area contributed by atoms with Crippen LogP contribution in [0.2, 0.25) is 0 Å². The van der Waals surface area contributed by atoms with E-state index >= 15 is 0 Å². The zero-order valence-electron chi connectivity index (χ0n) is 12.3. The number of hydrogen-bond acceptors (Lipinski definition) is 5. The maximum Gasteiger partial charge on any atom is 0.256 e. The number of carbonyl (C=O) groups is 1. The molecule has 1 aromatic carbocycles. The number of benzene rings is 1. The third kappa shape index (κ3) is 3.06. The quantitative estimate of drug-likeness (QED) is 0.799. The Labute approximate surface area is 132 Å². The summed E-state index contributed by atoms with van der Waals surface area (Å²) in [5, 5.41) is 11.5. The van der Waals surface area contributed by atoms with Crippen LogP contribution in [0.5, 0.6) is 0 Å². The van der Waals surface area contributed by atoms with Crippen LogP contribution in [0.15, 0.2) is 49.1 Å². The molecule has 0 radical (unpaired) electrons. The molecule has 0 saturated carbocycles. The van der Waals surface area contributed by atoms with Crippen molar-refractivity contribution >= 4 is 11.7 Å². The van der Waals surface area contributed by atoms with Gasteiger partial charge in [0.05, 0.1) is 11.6 Å². The Hall–Kier alpha value is -3.53. The molecule has 7 nitrogen and oxygen atoms in total. The van der Waals surface area contributed by atoms with Crippen molar-refractivity contribution in [2.45, 2.75) is 6.92 Å². The van der Waals surface area contributed by atoms with Crippen LogP contribution in [0.1, 0.15) is 21.7 Å². The lowest BCUT2D eigenvalue weighted by Gasteiger charge is -2.07. The maximum atomic E-state index is 12.2. The van der Waals surface area contributed by atoms with Gasteiger partial charge in [-0.05, 0) is 31.2 Å². The van der Waals surface area contributed by atoms with Crippen molar-refractivity contribution in [2.75, 3.05) is 5.32 Å². The molecule has 2 heterocycles. The van der Waals surface area contributed by atoms with Gasteiger partial charge in [-0.2, -0.15) is 5.26 Å². The van der Waals surface area contributed by atoms with Crippen LogP contribution < -0.4 is 5.32 Å². The lowest BCUT2D eigenvalue weighted by atomic mass is 10.1. The molecule has 0 aliphatic carbocycles. The Bertz CT molecular complexity index is 891. The first-order valence-corrected chi connectivity index (χ1v) is 6.81. The van der Waals surface area contributed by atoms with Gasteiger partial charge in [-0.15, -0.1) is 0 Å². The minimum atomic E-state index is -0.304. The fourth-order valence-corrected chi connectivity index (χ4v) is 2.05. The van der Waals surface area contributed by atoms with Crippen LogP contribution >= 0.6 is 0 Å². The van der Waals surface area contributed by atoms with E-state index < -0.39 is 0 Å². The summed E-state index contributed by atoms with van der Waals surface area (Å²) in [7, 11) is 0. The number of nitrogens with one attached hydrogen (secondary N) is 1. The first-order valence-electron chi connectivity index (χ1n) is 6.81. The highest BCUT2D eigenvalue weighted by Gasteiger charge is 2.09. The second-order valence-corrected chi connectivity index (χ2v) is 4.75. The molecule has 7 heteroatoms. The minimum Gasteiger partial charge on any atom is -0.306 e. The fourth-order valence-electron chi connectivity index (χ4n) is 2.05. The Morgan fingerprint density at radius 1 is 1.22 bits per heavy atom. The van der Waals surface area contributed by atoms with E-state index in [1.807, 2.05) is 13.0 Å². The average Bonchev–Trinajstić information content (AvgIpc) is 3.01. The van der Waals surface area contributed by atoms with Crippen molar-refractivity contribution in [3.05, 3.63) is 66.0 Å². The Morgan fingerprint density at radius 3 is 2.65 bits per heavy atom. The van der Waals surface area contributed by atoms with E-state index in [2.05, 4.69) is 20.3 Å². The number of nitriles is 1. The Balaban J connectivity index is 1.81. The largest absolute Gasteiger partial charge is 0.306 e. The number of aryl methyl sites for hydroxylation is 1. The monoisotopic (exact) mass is 304 g/mol. The summed E-state index contributed by atoms with van der Waals surface area (Å²) in [6.07, 6.45) is 4.83. The van der Waals surface area contributed by atoms with Crippen LogP contribution in [-0.2, 0) is 0 Å². The lowest BCUT2D eigenvalue weighted by Crippen LogP contribution is -2.13. The highest BCUT2D eigenvalue weighted by atomic mass is 16.1. The predicted molar refractivity (Wildman–Crippen MR) is 83.0 cm³/mol. The number of hydrogen-bond donors (Lipinski definition) is 1. The Morgan fingerprint density at radius 2 is 2.00 bits per heavy atom. The zero-order chi connectivity index (χ0) is 16.2. The third-order valence-corrected chi connectivity index (χ3v) is 3.24. The first-order chi connectivity index (χ1) is 11.2. The molecule has 2 aromatic heterocycles. The second-order valence-electron chi connectivity index (χ2n) is 4.75. The van der Waals surface area contributed by atoms with Gasteiger partial charge in [-0.3, -0.25) is 9.36 Å². The van der Waals surface area contributed by atoms with Gasteiger partial charge >= 0.3 is 0 Å². The molecular formula is C16H12N6O. The number of aromatic nitrogens is 4. The van der Waals surface area contributed by atoms with Crippen molar-refractivity contribution < 1.29 is 4.79 Å². The maximum absolute atomic E-state index is 12.2.